The molecule has 29 heavy (non-hydrogen) atoms. The summed E-state index contributed by atoms with van der Waals surface area (Å²) in [6.07, 6.45) is 2.38. The van der Waals surface area contributed by atoms with Gasteiger partial charge in [-0.15, -0.1) is 0 Å². The van der Waals surface area contributed by atoms with Gasteiger partial charge in [0.2, 0.25) is 0 Å². The predicted octanol–water partition coefficient (Wildman–Crippen LogP) is 3.92. The van der Waals surface area contributed by atoms with Gasteiger partial charge in [-0.3, -0.25) is 24.5 Å². The van der Waals surface area contributed by atoms with Gasteiger partial charge >= 0.3 is 10.1 Å². The fourth-order valence-corrected chi connectivity index (χ4v) is 4.04. The molecular weight excluding hydrogens is 402 g/mol. The molecule has 0 saturated heterocycles. The molecule has 1 aliphatic carbocycles. The zero-order valence-corrected chi connectivity index (χ0v) is 15.9. The second-order valence-corrected chi connectivity index (χ2v) is 8.01. The van der Waals surface area contributed by atoms with Crippen LogP contribution in [0.2, 0.25) is 0 Å². The van der Waals surface area contributed by atoms with Gasteiger partial charge in [-0.1, -0.05) is 29.8 Å². The third-order valence-electron chi connectivity index (χ3n) is 4.66. The van der Waals surface area contributed by atoms with Crippen LogP contribution in [0.1, 0.15) is 37.2 Å². The number of non-ortho nitro benzene ring substituents is 1. The Morgan fingerprint density at radius 3 is 2.38 bits per heavy atom. The van der Waals surface area contributed by atoms with Crippen molar-refractivity contribution in [3.63, 3.8) is 0 Å². The van der Waals surface area contributed by atoms with Gasteiger partial charge in [0.05, 0.1) is 21.6 Å². The fraction of sp³-hybridized carbons (Fsp3) is 0.278. The Kier molecular flexibility index (Phi) is 5.87. The van der Waals surface area contributed by atoms with Crippen molar-refractivity contribution in [3.05, 3.63) is 74.3 Å². The quantitative estimate of drug-likeness (QED) is 0.510. The van der Waals surface area contributed by atoms with Gasteiger partial charge in [0.15, 0.2) is 0 Å². The molecule has 3 rings (SSSR count). The van der Waals surface area contributed by atoms with Crippen molar-refractivity contribution in [2.24, 2.45) is 5.16 Å². The van der Waals surface area contributed by atoms with E-state index in [1.165, 1.54) is 24.3 Å². The van der Waals surface area contributed by atoms with Crippen molar-refractivity contribution in [1.82, 2.24) is 0 Å². The van der Waals surface area contributed by atoms with Crippen LogP contribution in [0.5, 0.6) is 0 Å². The average Bonchev–Trinajstić information content (AvgIpc) is 2.72. The van der Waals surface area contributed by atoms with Crippen LogP contribution in [0.15, 0.2) is 58.6 Å². The maximum atomic E-state index is 12.3. The molecule has 1 aliphatic rings. The molecule has 0 N–H and O–H groups in total. The molecule has 1 atom stereocenters. The van der Waals surface area contributed by atoms with Crippen LogP contribution in [0.25, 0.3) is 0 Å². The first-order valence-electron chi connectivity index (χ1n) is 8.78. The molecule has 152 valence electrons. The van der Waals surface area contributed by atoms with Crippen LogP contribution in [-0.2, 0) is 14.4 Å². The first-order chi connectivity index (χ1) is 13.8. The second-order valence-electron chi connectivity index (χ2n) is 6.48. The topological polar surface area (TPSA) is 142 Å². The lowest BCUT2D eigenvalue weighted by molar-refractivity contribution is -0.394. The van der Waals surface area contributed by atoms with Gasteiger partial charge in [0.25, 0.3) is 11.4 Å². The maximum Gasteiger partial charge on any atom is 0.358 e. The van der Waals surface area contributed by atoms with E-state index < -0.39 is 37.3 Å². The number of rotatable bonds is 6. The van der Waals surface area contributed by atoms with Gasteiger partial charge in [-0.2, -0.15) is 8.42 Å². The Morgan fingerprint density at radius 1 is 1.00 bits per heavy atom. The average molecular weight is 419 g/mol. The van der Waals surface area contributed by atoms with Crippen LogP contribution in [0, 0.1) is 20.2 Å². The molecule has 11 heteroatoms. The molecule has 2 aromatic carbocycles. The minimum atomic E-state index is -4.12. The smallest absolute Gasteiger partial charge is 0.265 e. The number of hydrogen-bond acceptors (Lipinski definition) is 8. The van der Waals surface area contributed by atoms with Gasteiger partial charge < -0.3 is 0 Å². The zero-order valence-electron chi connectivity index (χ0n) is 15.1. The highest BCUT2D eigenvalue weighted by Gasteiger charge is 2.31. The fourth-order valence-electron chi connectivity index (χ4n) is 3.27. The Labute approximate surface area is 166 Å². The van der Waals surface area contributed by atoms with E-state index >= 15 is 0 Å². The lowest BCUT2D eigenvalue weighted by Crippen LogP contribution is -2.20. The van der Waals surface area contributed by atoms with E-state index in [2.05, 4.69) is 5.16 Å². The summed E-state index contributed by atoms with van der Waals surface area (Å²) in [5.74, 6) is -0.559. The van der Waals surface area contributed by atoms with E-state index in [9.17, 15) is 28.6 Å². The van der Waals surface area contributed by atoms with Gasteiger partial charge in [0, 0.05) is 17.5 Å². The first kappa shape index (κ1) is 20.4. The molecule has 0 bridgehead atoms. The molecule has 10 nitrogen and oxygen atoms in total. The van der Waals surface area contributed by atoms with Gasteiger partial charge in [0.1, 0.15) is 4.90 Å². The number of nitro groups is 2. The number of benzene rings is 2. The van der Waals surface area contributed by atoms with Crippen LogP contribution < -0.4 is 0 Å². The number of oxime groups is 1. The molecule has 1 unspecified atom stereocenters. The molecular formula is C18H17N3O7S. The summed E-state index contributed by atoms with van der Waals surface area (Å²) in [5.41, 5.74) is -0.185. The van der Waals surface area contributed by atoms with Gasteiger partial charge in [-0.25, -0.2) is 0 Å². The van der Waals surface area contributed by atoms with Crippen molar-refractivity contribution in [1.29, 1.82) is 0 Å². The third kappa shape index (κ3) is 4.57. The van der Waals surface area contributed by atoms with Gasteiger partial charge in [-0.05, 0) is 37.5 Å². The van der Waals surface area contributed by atoms with Crippen molar-refractivity contribution < 1.29 is 22.5 Å². The number of hydrogen-bond donors (Lipinski definition) is 0. The number of nitrogens with zero attached hydrogens (tertiary/aromatic N) is 3. The minimum absolute atomic E-state index is 0.0574. The van der Waals surface area contributed by atoms with Crippen LogP contribution in [0.4, 0.5) is 11.4 Å². The minimum Gasteiger partial charge on any atom is -0.265 e. The van der Waals surface area contributed by atoms with E-state index in [4.69, 9.17) is 4.28 Å². The Bertz CT molecular complexity index is 1070. The van der Waals surface area contributed by atoms with Crippen molar-refractivity contribution >= 4 is 27.2 Å². The highest BCUT2D eigenvalue weighted by Crippen LogP contribution is 2.37. The lowest BCUT2D eigenvalue weighted by Gasteiger charge is -2.23. The first-order valence-corrected chi connectivity index (χ1v) is 10.2. The molecule has 0 spiro atoms. The Morgan fingerprint density at radius 2 is 1.72 bits per heavy atom. The summed E-state index contributed by atoms with van der Waals surface area (Å²) in [4.78, 5) is 21.0. The predicted molar refractivity (Wildman–Crippen MR) is 103 cm³/mol. The van der Waals surface area contributed by atoms with Crippen LogP contribution in [-0.4, -0.2) is 24.0 Å². The third-order valence-corrected chi connectivity index (χ3v) is 5.78. The highest BCUT2D eigenvalue weighted by atomic mass is 32.2. The Balaban J connectivity index is 1.95. The van der Waals surface area contributed by atoms with Crippen molar-refractivity contribution in [2.75, 3.05) is 0 Å². The summed E-state index contributed by atoms with van der Waals surface area (Å²) in [5, 5.41) is 26.2. The molecule has 0 aliphatic heterocycles. The summed E-state index contributed by atoms with van der Waals surface area (Å²) >= 11 is 0. The summed E-state index contributed by atoms with van der Waals surface area (Å²) < 4.78 is 29.5. The van der Waals surface area contributed by atoms with Crippen LogP contribution >= 0.6 is 0 Å². The van der Waals surface area contributed by atoms with E-state index in [0.717, 1.165) is 18.9 Å². The maximum absolute atomic E-state index is 12.3. The molecule has 0 amide bonds. The monoisotopic (exact) mass is 419 g/mol. The SMILES string of the molecule is O=[N+]([O-])c1ccc(C2CCCCC2=NOS(=O)(=O)c2ccccc2)c([N+](=O)[O-])c1. The van der Waals surface area contributed by atoms with Crippen LogP contribution in [0.3, 0.4) is 0 Å². The standard InChI is InChI=1S/C18H17N3O7S/c22-20(23)13-10-11-16(18(12-13)21(24)25)15-8-4-5-9-17(15)19-28-29(26,27)14-6-2-1-3-7-14/h1-3,6-7,10-12,15H,4-5,8-9H2. The lowest BCUT2D eigenvalue weighted by atomic mass is 9.81. The van der Waals surface area contributed by atoms with E-state index in [1.54, 1.807) is 18.2 Å². The Hall–Kier alpha value is -3.34. The normalized spacial score (nSPS) is 18.3. The van der Waals surface area contributed by atoms with E-state index in [0.29, 0.717) is 18.6 Å². The molecule has 0 aromatic heterocycles. The summed E-state index contributed by atoms with van der Waals surface area (Å²) in [6, 6.07) is 10.9. The number of nitro benzene ring substituents is 2. The molecule has 0 radical (unpaired) electrons. The van der Waals surface area contributed by atoms with Crippen molar-refractivity contribution in [2.45, 2.75) is 36.5 Å². The second kappa shape index (κ2) is 8.35. The summed E-state index contributed by atoms with van der Waals surface area (Å²) in [6.45, 7) is 0. The highest BCUT2D eigenvalue weighted by molar-refractivity contribution is 7.86. The molecule has 2 aromatic rings. The molecule has 1 saturated carbocycles. The van der Waals surface area contributed by atoms with E-state index in [-0.39, 0.29) is 10.5 Å². The van der Waals surface area contributed by atoms with E-state index in [1.807, 2.05) is 0 Å². The van der Waals surface area contributed by atoms with Crippen molar-refractivity contribution in [3.8, 4) is 0 Å². The molecule has 1 fully saturated rings. The largest absolute Gasteiger partial charge is 0.358 e. The molecule has 0 heterocycles. The zero-order chi connectivity index (χ0) is 21.0. The summed E-state index contributed by atoms with van der Waals surface area (Å²) in [7, 11) is -4.12.